The Hall–Kier alpha value is -4.72. The molecule has 3 heterocycles. The summed E-state index contributed by atoms with van der Waals surface area (Å²) >= 11 is 0. The molecule has 0 saturated carbocycles. The summed E-state index contributed by atoms with van der Waals surface area (Å²) < 4.78 is 15.9. The predicted molar refractivity (Wildman–Crippen MR) is 144 cm³/mol. The van der Waals surface area contributed by atoms with E-state index in [1.54, 1.807) is 25.8 Å². The highest BCUT2D eigenvalue weighted by molar-refractivity contribution is 5.99. The number of nitrogens with zero attached hydrogens (tertiary/aromatic N) is 3. The van der Waals surface area contributed by atoms with Crippen molar-refractivity contribution in [1.82, 2.24) is 13.7 Å². The molecule has 6 rings (SSSR count). The van der Waals surface area contributed by atoms with Gasteiger partial charge in [-0.25, -0.2) is 4.79 Å². The largest absolute Gasteiger partial charge is 0.493 e. The average molecular weight is 495 g/mol. The molecule has 0 radical (unpaired) electrons. The maximum absolute atomic E-state index is 13.7. The first-order valence-corrected chi connectivity index (χ1v) is 11.9. The molecule has 0 fully saturated rings. The fourth-order valence-corrected chi connectivity index (χ4v) is 5.37. The molecule has 3 aromatic carbocycles. The fraction of sp³-hybridized carbons (Fsp3) is 0.172. The molecule has 0 bridgehead atoms. The lowest BCUT2D eigenvalue weighted by Gasteiger charge is -2.31. The van der Waals surface area contributed by atoms with Crippen LogP contribution in [0.25, 0.3) is 27.8 Å². The molecule has 1 unspecified atom stereocenters. The maximum Gasteiger partial charge on any atom is 0.331 e. The van der Waals surface area contributed by atoms with E-state index in [2.05, 4.69) is 9.88 Å². The van der Waals surface area contributed by atoms with E-state index < -0.39 is 0 Å². The van der Waals surface area contributed by atoms with Gasteiger partial charge < -0.3 is 19.4 Å². The summed E-state index contributed by atoms with van der Waals surface area (Å²) in [5, 5.41) is 4.15. The Kier molecular flexibility index (Phi) is 5.19. The van der Waals surface area contributed by atoms with Gasteiger partial charge in [-0.3, -0.25) is 13.9 Å². The molecule has 0 spiro atoms. The zero-order valence-electron chi connectivity index (χ0n) is 21.0. The number of fused-ring (bicyclic) bond motifs is 5. The number of aromatic nitrogens is 3. The first-order chi connectivity index (χ1) is 18.0. The molecular formula is C29H26N4O4. The Labute approximate surface area is 212 Å². The Balaban J connectivity index is 1.81. The molecule has 1 aliphatic rings. The normalized spacial score (nSPS) is 14.1. The maximum atomic E-state index is 13.7. The Morgan fingerprint density at radius 2 is 1.51 bits per heavy atom. The van der Waals surface area contributed by atoms with Crippen molar-refractivity contribution in [3.05, 3.63) is 105 Å². The highest BCUT2D eigenvalue weighted by atomic mass is 16.5. The van der Waals surface area contributed by atoms with Crippen molar-refractivity contribution in [2.24, 2.45) is 14.1 Å². The first-order valence-electron chi connectivity index (χ1n) is 11.9. The predicted octanol–water partition coefficient (Wildman–Crippen LogP) is 4.23. The molecule has 1 aliphatic heterocycles. The molecule has 8 nitrogen and oxygen atoms in total. The second-order valence-corrected chi connectivity index (χ2v) is 9.07. The van der Waals surface area contributed by atoms with Crippen LogP contribution in [-0.2, 0) is 14.1 Å². The third kappa shape index (κ3) is 3.22. The SMILES string of the molecule is COc1ccc(C2Nc3ccccc3-n3c(-c4ccccc4)c4c(=O)n(C)c(=O)n(C)c4c32)cc1OC. The minimum atomic E-state index is -0.382. The number of hydrogen-bond donors (Lipinski definition) is 1. The Morgan fingerprint density at radius 3 is 2.24 bits per heavy atom. The lowest BCUT2D eigenvalue weighted by molar-refractivity contribution is 0.354. The van der Waals surface area contributed by atoms with Gasteiger partial charge in [-0.2, -0.15) is 0 Å². The van der Waals surface area contributed by atoms with E-state index in [0.29, 0.717) is 22.4 Å². The van der Waals surface area contributed by atoms with E-state index in [1.165, 1.54) is 11.6 Å². The van der Waals surface area contributed by atoms with Crippen LogP contribution in [0.2, 0.25) is 0 Å². The quantitative estimate of drug-likeness (QED) is 0.405. The highest BCUT2D eigenvalue weighted by Gasteiger charge is 2.35. The van der Waals surface area contributed by atoms with E-state index in [4.69, 9.17) is 9.47 Å². The monoisotopic (exact) mass is 494 g/mol. The Bertz CT molecular complexity index is 1800. The van der Waals surface area contributed by atoms with Crippen LogP contribution in [0.1, 0.15) is 17.3 Å². The third-order valence-electron chi connectivity index (χ3n) is 7.11. The molecule has 0 aliphatic carbocycles. The van der Waals surface area contributed by atoms with Crippen molar-refractivity contribution in [1.29, 1.82) is 0 Å². The van der Waals surface area contributed by atoms with Crippen molar-refractivity contribution < 1.29 is 9.47 Å². The van der Waals surface area contributed by atoms with Crippen LogP contribution in [0.15, 0.2) is 82.4 Å². The van der Waals surface area contributed by atoms with Crippen molar-refractivity contribution >= 4 is 16.6 Å². The topological polar surface area (TPSA) is 79.4 Å². The van der Waals surface area contributed by atoms with Gasteiger partial charge in [0.25, 0.3) is 5.56 Å². The van der Waals surface area contributed by atoms with Gasteiger partial charge in [0.2, 0.25) is 0 Å². The smallest absolute Gasteiger partial charge is 0.331 e. The number of nitrogens with one attached hydrogen (secondary N) is 1. The number of hydrogen-bond acceptors (Lipinski definition) is 5. The number of anilines is 1. The van der Waals surface area contributed by atoms with Gasteiger partial charge >= 0.3 is 5.69 Å². The van der Waals surface area contributed by atoms with Crippen LogP contribution in [0, 0.1) is 0 Å². The average Bonchev–Trinajstić information content (AvgIpc) is 3.31. The van der Waals surface area contributed by atoms with E-state index in [0.717, 1.165) is 33.9 Å². The van der Waals surface area contributed by atoms with E-state index in [-0.39, 0.29) is 17.3 Å². The van der Waals surface area contributed by atoms with Gasteiger partial charge in [0.1, 0.15) is 0 Å². The molecule has 37 heavy (non-hydrogen) atoms. The molecule has 1 atom stereocenters. The lowest BCUT2D eigenvalue weighted by atomic mass is 9.99. The molecule has 0 amide bonds. The van der Waals surface area contributed by atoms with Gasteiger partial charge in [-0.1, -0.05) is 48.5 Å². The van der Waals surface area contributed by atoms with Crippen molar-refractivity contribution in [2.75, 3.05) is 19.5 Å². The third-order valence-corrected chi connectivity index (χ3v) is 7.11. The summed E-state index contributed by atoms with van der Waals surface area (Å²) in [6.07, 6.45) is 0. The molecule has 1 N–H and O–H groups in total. The Morgan fingerprint density at radius 1 is 0.811 bits per heavy atom. The standard InChI is InChI=1S/C29H26N4O4/c1-31-26-23(28(34)32(2)29(31)35)25(17-10-6-5-7-11-17)33-20-13-9-8-12-19(20)30-24(27(26)33)18-14-15-21(36-3)22(16-18)37-4/h5-16,24,30H,1-4H3. The molecule has 8 heteroatoms. The fourth-order valence-electron chi connectivity index (χ4n) is 5.37. The van der Waals surface area contributed by atoms with Gasteiger partial charge in [-0.15, -0.1) is 0 Å². The minimum Gasteiger partial charge on any atom is -0.493 e. The second-order valence-electron chi connectivity index (χ2n) is 9.07. The molecule has 186 valence electrons. The molecule has 0 saturated heterocycles. The summed E-state index contributed by atoms with van der Waals surface area (Å²) in [4.78, 5) is 26.9. The van der Waals surface area contributed by atoms with Crippen LogP contribution >= 0.6 is 0 Å². The van der Waals surface area contributed by atoms with Crippen LogP contribution in [0.4, 0.5) is 5.69 Å². The molecule has 5 aromatic rings. The van der Waals surface area contributed by atoms with E-state index in [9.17, 15) is 9.59 Å². The van der Waals surface area contributed by atoms with Crippen molar-refractivity contribution in [3.8, 4) is 28.4 Å². The summed E-state index contributed by atoms with van der Waals surface area (Å²) in [5.74, 6) is 1.21. The van der Waals surface area contributed by atoms with Crippen LogP contribution in [0.3, 0.4) is 0 Å². The van der Waals surface area contributed by atoms with Crippen LogP contribution < -0.4 is 26.0 Å². The zero-order valence-corrected chi connectivity index (χ0v) is 21.0. The zero-order chi connectivity index (χ0) is 25.8. The lowest BCUT2D eigenvalue weighted by Crippen LogP contribution is -2.37. The molecular weight excluding hydrogens is 468 g/mol. The first kappa shape index (κ1) is 22.7. The minimum absolute atomic E-state index is 0.331. The number of benzene rings is 3. The van der Waals surface area contributed by atoms with Gasteiger partial charge in [0.05, 0.1) is 53.9 Å². The van der Waals surface area contributed by atoms with E-state index >= 15 is 0 Å². The van der Waals surface area contributed by atoms with Gasteiger partial charge in [0.15, 0.2) is 11.5 Å². The van der Waals surface area contributed by atoms with E-state index in [1.807, 2.05) is 72.8 Å². The summed E-state index contributed by atoms with van der Waals surface area (Å²) in [5.41, 5.74) is 5.04. The number of aryl methyl sites for hydroxylation is 1. The van der Waals surface area contributed by atoms with Crippen LogP contribution in [-0.4, -0.2) is 27.9 Å². The molecule has 2 aromatic heterocycles. The summed E-state index contributed by atoms with van der Waals surface area (Å²) in [6, 6.07) is 23.2. The van der Waals surface area contributed by atoms with Gasteiger partial charge in [0, 0.05) is 14.1 Å². The second kappa shape index (κ2) is 8.44. The highest BCUT2D eigenvalue weighted by Crippen LogP contribution is 2.46. The number of ether oxygens (including phenoxy) is 2. The van der Waals surface area contributed by atoms with Crippen molar-refractivity contribution in [2.45, 2.75) is 6.04 Å². The number of para-hydroxylation sites is 2. The number of methoxy groups -OCH3 is 2. The summed E-state index contributed by atoms with van der Waals surface area (Å²) in [6.45, 7) is 0. The van der Waals surface area contributed by atoms with Gasteiger partial charge in [-0.05, 0) is 35.4 Å². The summed E-state index contributed by atoms with van der Waals surface area (Å²) in [7, 11) is 6.44. The van der Waals surface area contributed by atoms with Crippen molar-refractivity contribution in [3.63, 3.8) is 0 Å². The number of rotatable bonds is 4. The van der Waals surface area contributed by atoms with Crippen LogP contribution in [0.5, 0.6) is 11.5 Å².